The lowest BCUT2D eigenvalue weighted by Crippen LogP contribution is -2.48. The zero-order valence-corrected chi connectivity index (χ0v) is 14.4. The SMILES string of the molecule is CC1SCCN(C(CN)c2ccc(Br)c(Cl)c2)C1C. The average molecular weight is 364 g/mol. The van der Waals surface area contributed by atoms with Crippen molar-refractivity contribution in [2.75, 3.05) is 18.8 Å². The molecule has 2 nitrogen and oxygen atoms in total. The van der Waals surface area contributed by atoms with Crippen LogP contribution in [0.2, 0.25) is 5.02 Å². The van der Waals surface area contributed by atoms with Crippen LogP contribution in [-0.4, -0.2) is 35.0 Å². The molecule has 1 aromatic rings. The van der Waals surface area contributed by atoms with E-state index < -0.39 is 0 Å². The van der Waals surface area contributed by atoms with E-state index in [2.05, 4.69) is 40.7 Å². The summed E-state index contributed by atoms with van der Waals surface area (Å²) < 4.78 is 0.935. The van der Waals surface area contributed by atoms with Crippen molar-refractivity contribution in [2.45, 2.75) is 31.2 Å². The fourth-order valence-electron chi connectivity index (χ4n) is 2.58. The Hall–Kier alpha value is 0.260. The second-order valence-electron chi connectivity index (χ2n) is 4.98. The number of halogens is 2. The maximum atomic E-state index is 6.21. The van der Waals surface area contributed by atoms with E-state index in [1.54, 1.807) is 0 Å². The van der Waals surface area contributed by atoms with E-state index in [1.165, 1.54) is 11.3 Å². The molecular formula is C14H20BrClN2S. The van der Waals surface area contributed by atoms with Gasteiger partial charge in [0.1, 0.15) is 0 Å². The Labute approximate surface area is 133 Å². The van der Waals surface area contributed by atoms with Gasteiger partial charge in [0.15, 0.2) is 0 Å². The second-order valence-corrected chi connectivity index (χ2v) is 7.73. The van der Waals surface area contributed by atoms with Crippen LogP contribution in [0.4, 0.5) is 0 Å². The van der Waals surface area contributed by atoms with Gasteiger partial charge in [-0.05, 0) is 40.5 Å². The first kappa shape index (κ1) is 15.6. The maximum absolute atomic E-state index is 6.21. The van der Waals surface area contributed by atoms with E-state index >= 15 is 0 Å². The van der Waals surface area contributed by atoms with Gasteiger partial charge in [0.05, 0.1) is 5.02 Å². The topological polar surface area (TPSA) is 29.3 Å². The number of thioether (sulfide) groups is 1. The summed E-state index contributed by atoms with van der Waals surface area (Å²) in [5.41, 5.74) is 7.24. The van der Waals surface area contributed by atoms with E-state index in [-0.39, 0.29) is 6.04 Å². The first-order valence-electron chi connectivity index (χ1n) is 6.57. The van der Waals surface area contributed by atoms with Crippen molar-refractivity contribution in [3.63, 3.8) is 0 Å². The van der Waals surface area contributed by atoms with Gasteiger partial charge in [-0.15, -0.1) is 0 Å². The third-order valence-corrected chi connectivity index (χ3v) is 6.46. The molecule has 3 unspecified atom stereocenters. The minimum absolute atomic E-state index is 0.254. The van der Waals surface area contributed by atoms with Crippen molar-refractivity contribution < 1.29 is 0 Å². The molecule has 5 heteroatoms. The van der Waals surface area contributed by atoms with E-state index in [9.17, 15) is 0 Å². The number of hydrogen-bond donors (Lipinski definition) is 1. The highest BCUT2D eigenvalue weighted by Crippen LogP contribution is 2.33. The molecule has 19 heavy (non-hydrogen) atoms. The highest BCUT2D eigenvalue weighted by atomic mass is 79.9. The largest absolute Gasteiger partial charge is 0.329 e. The summed E-state index contributed by atoms with van der Waals surface area (Å²) in [4.78, 5) is 2.51. The highest BCUT2D eigenvalue weighted by molar-refractivity contribution is 9.10. The molecule has 1 aliphatic rings. The van der Waals surface area contributed by atoms with Crippen molar-refractivity contribution in [2.24, 2.45) is 5.73 Å². The average Bonchev–Trinajstić information content (AvgIpc) is 2.39. The first-order valence-corrected chi connectivity index (χ1v) is 8.79. The van der Waals surface area contributed by atoms with E-state index in [1.807, 2.05) is 23.9 Å². The molecule has 1 saturated heterocycles. The van der Waals surface area contributed by atoms with Gasteiger partial charge < -0.3 is 5.73 Å². The molecule has 2 N–H and O–H groups in total. The van der Waals surface area contributed by atoms with Crippen LogP contribution < -0.4 is 5.73 Å². The minimum atomic E-state index is 0.254. The van der Waals surface area contributed by atoms with Gasteiger partial charge in [-0.25, -0.2) is 0 Å². The Bertz CT molecular complexity index is 443. The number of hydrogen-bond acceptors (Lipinski definition) is 3. The third-order valence-electron chi connectivity index (χ3n) is 3.88. The van der Waals surface area contributed by atoms with Gasteiger partial charge in [0.2, 0.25) is 0 Å². The monoisotopic (exact) mass is 362 g/mol. The van der Waals surface area contributed by atoms with E-state index in [0.717, 1.165) is 16.0 Å². The molecule has 0 radical (unpaired) electrons. The van der Waals surface area contributed by atoms with Crippen molar-refractivity contribution in [1.29, 1.82) is 0 Å². The fraction of sp³-hybridized carbons (Fsp3) is 0.571. The molecule has 0 aromatic heterocycles. The predicted molar refractivity (Wildman–Crippen MR) is 89.0 cm³/mol. The van der Waals surface area contributed by atoms with Crippen molar-refractivity contribution in [3.05, 3.63) is 33.3 Å². The Balaban J connectivity index is 2.25. The molecule has 0 bridgehead atoms. The molecule has 0 saturated carbocycles. The van der Waals surface area contributed by atoms with Crippen LogP contribution in [0.1, 0.15) is 25.5 Å². The normalized spacial score (nSPS) is 26.4. The van der Waals surface area contributed by atoms with Crippen LogP contribution in [0.3, 0.4) is 0 Å². The molecule has 0 aliphatic carbocycles. The lowest BCUT2D eigenvalue weighted by molar-refractivity contribution is 0.150. The third kappa shape index (κ3) is 3.48. The van der Waals surface area contributed by atoms with Gasteiger partial charge in [-0.3, -0.25) is 4.90 Å². The van der Waals surface area contributed by atoms with Crippen LogP contribution in [0, 0.1) is 0 Å². The molecular weight excluding hydrogens is 344 g/mol. The standard InChI is InChI=1S/C14H20BrClN2S/c1-9-10(2)19-6-5-18(9)14(8-17)11-3-4-12(15)13(16)7-11/h3-4,7,9-10,14H,5-6,8,17H2,1-2H3. The molecule has 1 aromatic carbocycles. The van der Waals surface area contributed by atoms with E-state index in [0.29, 0.717) is 17.8 Å². The van der Waals surface area contributed by atoms with Gasteiger partial charge >= 0.3 is 0 Å². The van der Waals surface area contributed by atoms with E-state index in [4.69, 9.17) is 17.3 Å². The van der Waals surface area contributed by atoms with Crippen LogP contribution in [0.15, 0.2) is 22.7 Å². The molecule has 1 heterocycles. The fourth-order valence-corrected chi connectivity index (χ4v) is 4.14. The van der Waals surface area contributed by atoms with Crippen LogP contribution >= 0.6 is 39.3 Å². The number of benzene rings is 1. The summed E-state index contributed by atoms with van der Waals surface area (Å²) in [5.74, 6) is 1.17. The molecule has 106 valence electrons. The lowest BCUT2D eigenvalue weighted by Gasteiger charge is -2.42. The Kier molecular flexibility index (Phi) is 5.61. The summed E-state index contributed by atoms with van der Waals surface area (Å²) in [6.07, 6.45) is 0. The zero-order valence-electron chi connectivity index (χ0n) is 11.3. The molecule has 0 spiro atoms. The number of nitrogens with two attached hydrogens (primary N) is 1. The minimum Gasteiger partial charge on any atom is -0.329 e. The molecule has 1 aliphatic heterocycles. The van der Waals surface area contributed by atoms with Crippen molar-refractivity contribution in [3.8, 4) is 0 Å². The second kappa shape index (κ2) is 6.81. The molecule has 2 rings (SSSR count). The lowest BCUT2D eigenvalue weighted by atomic mass is 10.0. The predicted octanol–water partition coefficient (Wildman–Crippen LogP) is 3.93. The van der Waals surface area contributed by atoms with Gasteiger partial charge in [-0.1, -0.05) is 24.6 Å². The summed E-state index contributed by atoms with van der Waals surface area (Å²) in [6, 6.07) is 6.95. The maximum Gasteiger partial charge on any atom is 0.0551 e. The van der Waals surface area contributed by atoms with Gasteiger partial charge in [-0.2, -0.15) is 11.8 Å². The number of nitrogens with zero attached hydrogens (tertiary/aromatic N) is 1. The summed E-state index contributed by atoms with van der Waals surface area (Å²) in [5, 5.41) is 1.40. The van der Waals surface area contributed by atoms with Crippen molar-refractivity contribution in [1.82, 2.24) is 4.90 Å². The van der Waals surface area contributed by atoms with Crippen molar-refractivity contribution >= 4 is 39.3 Å². The Morgan fingerprint density at radius 1 is 1.53 bits per heavy atom. The smallest absolute Gasteiger partial charge is 0.0551 e. The van der Waals surface area contributed by atoms with Crippen LogP contribution in [-0.2, 0) is 0 Å². The van der Waals surface area contributed by atoms with Gasteiger partial charge in [0, 0.05) is 40.6 Å². The summed E-state index contributed by atoms with van der Waals surface area (Å²) in [7, 11) is 0. The highest BCUT2D eigenvalue weighted by Gasteiger charge is 2.30. The quantitative estimate of drug-likeness (QED) is 0.882. The molecule has 0 amide bonds. The van der Waals surface area contributed by atoms with Gasteiger partial charge in [0.25, 0.3) is 0 Å². The summed E-state index contributed by atoms with van der Waals surface area (Å²) in [6.45, 7) is 6.30. The molecule has 3 atom stereocenters. The zero-order chi connectivity index (χ0) is 14.0. The Morgan fingerprint density at radius 3 is 2.89 bits per heavy atom. The Morgan fingerprint density at radius 2 is 2.26 bits per heavy atom. The number of rotatable bonds is 3. The van der Waals surface area contributed by atoms with Crippen LogP contribution in [0.5, 0.6) is 0 Å². The first-order chi connectivity index (χ1) is 9.04. The van der Waals surface area contributed by atoms with Crippen LogP contribution in [0.25, 0.3) is 0 Å². The molecule has 1 fully saturated rings. The summed E-state index contributed by atoms with van der Waals surface area (Å²) >= 11 is 11.7.